The van der Waals surface area contributed by atoms with E-state index >= 15 is 0 Å². The van der Waals surface area contributed by atoms with Crippen LogP contribution in [0.5, 0.6) is 5.75 Å². The number of carbonyl (C=O) groups is 2. The van der Waals surface area contributed by atoms with Crippen LogP contribution in [0.25, 0.3) is 0 Å². The second-order valence-electron chi connectivity index (χ2n) is 5.13. The first-order valence-electron chi connectivity index (χ1n) is 7.65. The van der Waals surface area contributed by atoms with E-state index in [9.17, 15) is 28.5 Å². The van der Waals surface area contributed by atoms with Crippen LogP contribution in [0.4, 0.5) is 20.2 Å². The summed E-state index contributed by atoms with van der Waals surface area (Å²) in [5.74, 6) is -3.99. The lowest BCUT2D eigenvalue weighted by molar-refractivity contribution is -0.385. The average Bonchev–Trinajstić information content (AvgIpc) is 2.63. The number of amides is 1. The van der Waals surface area contributed by atoms with Gasteiger partial charge in [-0.15, -0.1) is 0 Å². The summed E-state index contributed by atoms with van der Waals surface area (Å²) in [4.78, 5) is 34.0. The van der Waals surface area contributed by atoms with Gasteiger partial charge in [-0.1, -0.05) is 0 Å². The van der Waals surface area contributed by atoms with Crippen molar-refractivity contribution < 1.29 is 32.8 Å². The van der Waals surface area contributed by atoms with E-state index in [2.05, 4.69) is 5.32 Å². The number of nitro benzene ring substituents is 1. The number of hydrogen-bond donors (Lipinski definition) is 1. The molecule has 0 saturated heterocycles. The highest BCUT2D eigenvalue weighted by Gasteiger charge is 2.20. The van der Waals surface area contributed by atoms with Gasteiger partial charge in [-0.05, 0) is 31.2 Å². The molecule has 8 nitrogen and oxygen atoms in total. The third kappa shape index (κ3) is 5.21. The second-order valence-corrected chi connectivity index (χ2v) is 5.13. The first-order valence-corrected chi connectivity index (χ1v) is 7.65. The Labute approximate surface area is 151 Å². The van der Waals surface area contributed by atoms with Crippen LogP contribution in [0.1, 0.15) is 17.3 Å². The SMILES string of the molecule is CCOc1ccc(C(=O)OCC(=O)Nc2ccc(F)c(F)c2)cc1[N+](=O)[O-]. The molecule has 0 fully saturated rings. The highest BCUT2D eigenvalue weighted by Crippen LogP contribution is 2.28. The van der Waals surface area contributed by atoms with E-state index in [1.165, 1.54) is 12.1 Å². The molecule has 0 spiro atoms. The molecular formula is C17H14F2N2O6. The Morgan fingerprint density at radius 3 is 2.52 bits per heavy atom. The maximum absolute atomic E-state index is 13.1. The molecule has 10 heteroatoms. The van der Waals surface area contributed by atoms with Crippen LogP contribution in [-0.4, -0.2) is 30.0 Å². The zero-order chi connectivity index (χ0) is 20.0. The highest BCUT2D eigenvalue weighted by atomic mass is 19.2. The molecule has 0 saturated carbocycles. The van der Waals surface area contributed by atoms with Crippen molar-refractivity contribution in [2.75, 3.05) is 18.5 Å². The number of rotatable bonds is 7. The lowest BCUT2D eigenvalue weighted by Gasteiger charge is -2.08. The van der Waals surface area contributed by atoms with Gasteiger partial charge in [-0.25, -0.2) is 13.6 Å². The molecule has 0 unspecified atom stereocenters. The van der Waals surface area contributed by atoms with Crippen LogP contribution in [0, 0.1) is 21.7 Å². The summed E-state index contributed by atoms with van der Waals surface area (Å²) in [6.45, 7) is 1.13. The van der Waals surface area contributed by atoms with Crippen molar-refractivity contribution in [1.29, 1.82) is 0 Å². The molecule has 0 bridgehead atoms. The summed E-state index contributed by atoms with van der Waals surface area (Å²) in [5.41, 5.74) is -0.588. The van der Waals surface area contributed by atoms with E-state index in [0.29, 0.717) is 0 Å². The number of nitrogens with zero attached hydrogens (tertiary/aromatic N) is 1. The van der Waals surface area contributed by atoms with Crippen molar-refractivity contribution >= 4 is 23.3 Å². The molecule has 0 atom stereocenters. The average molecular weight is 380 g/mol. The molecule has 2 aromatic rings. The lowest BCUT2D eigenvalue weighted by atomic mass is 10.2. The molecule has 0 aliphatic heterocycles. The van der Waals surface area contributed by atoms with Crippen molar-refractivity contribution in [3.63, 3.8) is 0 Å². The predicted octanol–water partition coefficient (Wildman–Crippen LogP) is 3.07. The molecule has 142 valence electrons. The van der Waals surface area contributed by atoms with E-state index in [1.807, 2.05) is 0 Å². The minimum absolute atomic E-state index is 0.00451. The zero-order valence-corrected chi connectivity index (χ0v) is 14.0. The fourth-order valence-corrected chi connectivity index (χ4v) is 2.05. The normalized spacial score (nSPS) is 10.2. The molecule has 1 amide bonds. The minimum atomic E-state index is -1.15. The summed E-state index contributed by atoms with van der Waals surface area (Å²) in [6.07, 6.45) is 0. The Morgan fingerprint density at radius 2 is 1.89 bits per heavy atom. The topological polar surface area (TPSA) is 108 Å². The Kier molecular flexibility index (Phi) is 6.36. The Bertz CT molecular complexity index is 888. The molecule has 27 heavy (non-hydrogen) atoms. The third-order valence-electron chi connectivity index (χ3n) is 3.23. The van der Waals surface area contributed by atoms with Gasteiger partial charge in [0.25, 0.3) is 5.91 Å². The molecular weight excluding hydrogens is 366 g/mol. The lowest BCUT2D eigenvalue weighted by Crippen LogP contribution is -2.21. The van der Waals surface area contributed by atoms with Crippen LogP contribution in [0.3, 0.4) is 0 Å². The largest absolute Gasteiger partial charge is 0.487 e. The first-order chi connectivity index (χ1) is 12.8. The van der Waals surface area contributed by atoms with Crippen LogP contribution in [-0.2, 0) is 9.53 Å². The zero-order valence-electron chi connectivity index (χ0n) is 14.0. The van der Waals surface area contributed by atoms with Crippen molar-refractivity contribution in [2.45, 2.75) is 6.92 Å². The number of esters is 1. The molecule has 2 aromatic carbocycles. The Hall–Kier alpha value is -3.56. The second kappa shape index (κ2) is 8.70. The maximum Gasteiger partial charge on any atom is 0.338 e. The van der Waals surface area contributed by atoms with Gasteiger partial charge in [-0.2, -0.15) is 0 Å². The quantitative estimate of drug-likeness (QED) is 0.449. The van der Waals surface area contributed by atoms with Crippen LogP contribution in [0.15, 0.2) is 36.4 Å². The van der Waals surface area contributed by atoms with E-state index in [-0.39, 0.29) is 23.6 Å². The summed E-state index contributed by atoms with van der Waals surface area (Å²) in [7, 11) is 0. The molecule has 2 rings (SSSR count). The Balaban J connectivity index is 2.00. The number of hydrogen-bond acceptors (Lipinski definition) is 6. The number of nitro groups is 1. The minimum Gasteiger partial charge on any atom is -0.487 e. The van der Waals surface area contributed by atoms with Crippen molar-refractivity contribution in [2.24, 2.45) is 0 Å². The highest BCUT2D eigenvalue weighted by molar-refractivity contribution is 5.95. The van der Waals surface area contributed by atoms with Gasteiger partial charge in [0.05, 0.1) is 17.1 Å². The van der Waals surface area contributed by atoms with E-state index in [4.69, 9.17) is 9.47 Å². The summed E-state index contributed by atoms with van der Waals surface area (Å²) in [5, 5.41) is 13.3. The molecule has 0 heterocycles. The summed E-state index contributed by atoms with van der Waals surface area (Å²) >= 11 is 0. The van der Waals surface area contributed by atoms with Gasteiger partial charge in [0, 0.05) is 17.8 Å². The number of nitrogens with one attached hydrogen (secondary N) is 1. The van der Waals surface area contributed by atoms with Gasteiger partial charge in [-0.3, -0.25) is 14.9 Å². The summed E-state index contributed by atoms with van der Waals surface area (Å²) in [6, 6.07) is 6.21. The maximum atomic E-state index is 13.1. The van der Waals surface area contributed by atoms with E-state index in [1.54, 1.807) is 6.92 Å². The summed E-state index contributed by atoms with van der Waals surface area (Å²) < 4.78 is 35.8. The third-order valence-corrected chi connectivity index (χ3v) is 3.23. The monoisotopic (exact) mass is 380 g/mol. The van der Waals surface area contributed by atoms with Gasteiger partial charge < -0.3 is 14.8 Å². The molecule has 0 radical (unpaired) electrons. The number of halogens is 2. The molecule has 0 aliphatic rings. The van der Waals surface area contributed by atoms with Gasteiger partial charge in [0.2, 0.25) is 0 Å². The Morgan fingerprint density at radius 1 is 1.15 bits per heavy atom. The van der Waals surface area contributed by atoms with E-state index in [0.717, 1.165) is 24.3 Å². The number of ether oxygens (including phenoxy) is 2. The van der Waals surface area contributed by atoms with Gasteiger partial charge in [0.15, 0.2) is 24.0 Å². The van der Waals surface area contributed by atoms with Crippen molar-refractivity contribution in [3.05, 3.63) is 63.7 Å². The van der Waals surface area contributed by atoms with Gasteiger partial charge >= 0.3 is 11.7 Å². The van der Waals surface area contributed by atoms with Crippen LogP contribution >= 0.6 is 0 Å². The number of benzene rings is 2. The molecule has 1 N–H and O–H groups in total. The van der Waals surface area contributed by atoms with Crippen molar-refractivity contribution in [1.82, 2.24) is 0 Å². The smallest absolute Gasteiger partial charge is 0.338 e. The van der Waals surface area contributed by atoms with Crippen LogP contribution in [0.2, 0.25) is 0 Å². The number of anilines is 1. The van der Waals surface area contributed by atoms with Gasteiger partial charge in [0.1, 0.15) is 0 Å². The fourth-order valence-electron chi connectivity index (χ4n) is 2.05. The standard InChI is InChI=1S/C17H14F2N2O6/c1-2-26-15-6-3-10(7-14(15)21(24)25)17(23)27-9-16(22)20-11-4-5-12(18)13(19)8-11/h3-8H,2,9H2,1H3,(H,20,22). The number of carbonyl (C=O) groups excluding carboxylic acids is 2. The molecule has 0 aliphatic carbocycles. The molecule has 0 aromatic heterocycles. The fraction of sp³-hybridized carbons (Fsp3) is 0.176. The van der Waals surface area contributed by atoms with Crippen molar-refractivity contribution in [3.8, 4) is 5.75 Å². The first kappa shape index (κ1) is 19.8. The predicted molar refractivity (Wildman–Crippen MR) is 89.5 cm³/mol. The van der Waals surface area contributed by atoms with Crippen LogP contribution < -0.4 is 10.1 Å². The van der Waals surface area contributed by atoms with E-state index < -0.39 is 40.7 Å².